The Morgan fingerprint density at radius 3 is 2.26 bits per heavy atom. The molecule has 2 unspecified atom stereocenters. The summed E-state index contributed by atoms with van der Waals surface area (Å²) in [6, 6.07) is 2.54. The molecular weight excluding hydrogens is 446 g/mol. The van der Waals surface area contributed by atoms with E-state index in [-0.39, 0.29) is 6.54 Å². The number of nitrogens with zero attached hydrogens (tertiary/aromatic N) is 1. The average Bonchev–Trinajstić information content (AvgIpc) is 2.74. The number of carbonyl (C=O) groups excluding carboxylic acids is 4. The molecule has 0 aliphatic carbocycles. The quantitative estimate of drug-likeness (QED) is 0.349. The van der Waals surface area contributed by atoms with Crippen LogP contribution in [0, 0.1) is 13.8 Å². The molecule has 0 bridgehead atoms. The van der Waals surface area contributed by atoms with Crippen molar-refractivity contribution in [1.82, 2.24) is 15.5 Å². The number of hydrogen-bond acceptors (Lipinski definition) is 8. The first kappa shape index (κ1) is 28.9. The Bertz CT molecular complexity index is 881. The standard InChI is InChI=1S/C23H35N3O8/c1-14-7-8-16(15(2)11-14)19(20(30)24-12-18(29)33-6)26(9-10-27)21(31)17(13-28)25-22(32)34-23(3,4)5/h7-8,11,17,19,27-28H,9-10,12-13H2,1-6H3,(H,24,30)(H,25,32). The lowest BCUT2D eigenvalue weighted by atomic mass is 9.96. The Balaban J connectivity index is 3.38. The minimum atomic E-state index is -1.44. The van der Waals surface area contributed by atoms with Crippen LogP contribution in [0.4, 0.5) is 4.79 Å². The first-order chi connectivity index (χ1) is 15.8. The summed E-state index contributed by atoms with van der Waals surface area (Å²) in [5.74, 6) is -2.21. The highest BCUT2D eigenvalue weighted by molar-refractivity contribution is 5.93. The molecule has 11 heteroatoms. The minimum Gasteiger partial charge on any atom is -0.468 e. The predicted molar refractivity (Wildman–Crippen MR) is 123 cm³/mol. The lowest BCUT2D eigenvalue weighted by Gasteiger charge is -2.34. The Morgan fingerprint density at radius 2 is 1.76 bits per heavy atom. The molecule has 34 heavy (non-hydrogen) atoms. The third kappa shape index (κ3) is 8.64. The third-order valence-corrected chi connectivity index (χ3v) is 4.71. The second-order valence-electron chi connectivity index (χ2n) is 8.69. The number of alkyl carbamates (subject to hydrolysis) is 1. The molecule has 0 fully saturated rings. The lowest BCUT2D eigenvalue weighted by Crippen LogP contribution is -2.55. The van der Waals surface area contributed by atoms with E-state index in [1.807, 2.05) is 13.0 Å². The summed E-state index contributed by atoms with van der Waals surface area (Å²) >= 11 is 0. The van der Waals surface area contributed by atoms with Gasteiger partial charge in [0, 0.05) is 6.54 Å². The number of hydrogen-bond donors (Lipinski definition) is 4. The molecule has 0 saturated carbocycles. The highest BCUT2D eigenvalue weighted by atomic mass is 16.6. The smallest absolute Gasteiger partial charge is 0.408 e. The summed E-state index contributed by atoms with van der Waals surface area (Å²) in [7, 11) is 1.17. The number of aliphatic hydroxyl groups is 2. The van der Waals surface area contributed by atoms with E-state index >= 15 is 0 Å². The number of ether oxygens (including phenoxy) is 2. The van der Waals surface area contributed by atoms with E-state index in [0.717, 1.165) is 10.5 Å². The van der Waals surface area contributed by atoms with Crippen molar-refractivity contribution < 1.29 is 38.9 Å². The first-order valence-electron chi connectivity index (χ1n) is 10.8. The summed E-state index contributed by atoms with van der Waals surface area (Å²) in [5.41, 5.74) is 1.22. The van der Waals surface area contributed by atoms with Gasteiger partial charge in [0.2, 0.25) is 11.8 Å². The molecule has 0 saturated heterocycles. The maximum absolute atomic E-state index is 13.4. The molecule has 0 radical (unpaired) electrons. The zero-order valence-electron chi connectivity index (χ0n) is 20.5. The van der Waals surface area contributed by atoms with E-state index in [2.05, 4.69) is 15.4 Å². The van der Waals surface area contributed by atoms with Gasteiger partial charge in [-0.2, -0.15) is 0 Å². The number of nitrogens with one attached hydrogen (secondary N) is 2. The fourth-order valence-corrected chi connectivity index (χ4v) is 3.22. The molecule has 3 amide bonds. The van der Waals surface area contributed by atoms with Gasteiger partial charge >= 0.3 is 12.1 Å². The minimum absolute atomic E-state index is 0.283. The molecular formula is C23H35N3O8. The zero-order chi connectivity index (χ0) is 26.1. The molecule has 2 atom stereocenters. The van der Waals surface area contributed by atoms with E-state index in [4.69, 9.17) is 4.74 Å². The summed E-state index contributed by atoms with van der Waals surface area (Å²) in [4.78, 5) is 51.3. The summed E-state index contributed by atoms with van der Waals surface area (Å²) < 4.78 is 9.70. The Kier molecular flexibility index (Phi) is 10.9. The van der Waals surface area contributed by atoms with Crippen molar-refractivity contribution in [3.05, 3.63) is 34.9 Å². The van der Waals surface area contributed by atoms with Gasteiger partial charge in [-0.3, -0.25) is 14.4 Å². The van der Waals surface area contributed by atoms with Crippen LogP contribution in [0.1, 0.15) is 43.5 Å². The monoisotopic (exact) mass is 481 g/mol. The van der Waals surface area contributed by atoms with Crippen molar-refractivity contribution in [1.29, 1.82) is 0 Å². The molecule has 0 aliphatic heterocycles. The molecule has 1 aromatic carbocycles. The van der Waals surface area contributed by atoms with Crippen LogP contribution in [0.5, 0.6) is 0 Å². The van der Waals surface area contributed by atoms with Gasteiger partial charge in [-0.1, -0.05) is 23.8 Å². The normalized spacial score (nSPS) is 12.8. The van der Waals surface area contributed by atoms with E-state index in [0.29, 0.717) is 11.1 Å². The Hall–Kier alpha value is -3.18. The van der Waals surface area contributed by atoms with Crippen LogP contribution in [0.3, 0.4) is 0 Å². The van der Waals surface area contributed by atoms with Gasteiger partial charge in [-0.05, 0) is 45.7 Å². The fraction of sp³-hybridized carbons (Fsp3) is 0.565. The molecule has 0 spiro atoms. The second kappa shape index (κ2) is 12.9. The van der Waals surface area contributed by atoms with Gasteiger partial charge in [0.25, 0.3) is 0 Å². The molecule has 0 heterocycles. The maximum atomic E-state index is 13.4. The second-order valence-corrected chi connectivity index (χ2v) is 8.69. The first-order valence-corrected chi connectivity index (χ1v) is 10.8. The number of aryl methyl sites for hydroxylation is 2. The van der Waals surface area contributed by atoms with Crippen LogP contribution >= 0.6 is 0 Å². The Labute approximate surface area is 199 Å². The highest BCUT2D eigenvalue weighted by Gasteiger charge is 2.36. The maximum Gasteiger partial charge on any atom is 0.408 e. The fourth-order valence-electron chi connectivity index (χ4n) is 3.22. The van der Waals surface area contributed by atoms with E-state index in [1.165, 1.54) is 7.11 Å². The van der Waals surface area contributed by atoms with Crippen LogP contribution < -0.4 is 10.6 Å². The summed E-state index contributed by atoms with van der Waals surface area (Å²) in [6.45, 7) is 6.56. The van der Waals surface area contributed by atoms with E-state index in [9.17, 15) is 29.4 Å². The Morgan fingerprint density at radius 1 is 1.12 bits per heavy atom. The third-order valence-electron chi connectivity index (χ3n) is 4.71. The number of aliphatic hydroxyl groups excluding tert-OH is 2. The summed E-state index contributed by atoms with van der Waals surface area (Å²) in [6.07, 6.45) is -0.929. The van der Waals surface area contributed by atoms with Gasteiger partial charge in [0.15, 0.2) is 0 Å². The van der Waals surface area contributed by atoms with Gasteiger partial charge in [0.05, 0.1) is 20.3 Å². The number of methoxy groups -OCH3 is 1. The van der Waals surface area contributed by atoms with Crippen LogP contribution in [-0.2, 0) is 23.9 Å². The van der Waals surface area contributed by atoms with Gasteiger partial charge in [-0.15, -0.1) is 0 Å². The van der Waals surface area contributed by atoms with Crippen molar-refractivity contribution >= 4 is 23.9 Å². The molecule has 1 rings (SSSR count). The SMILES string of the molecule is COC(=O)CNC(=O)C(c1ccc(C)cc1C)N(CCO)C(=O)C(CO)NC(=O)OC(C)(C)C. The molecule has 0 aromatic heterocycles. The van der Waals surface area contributed by atoms with Crippen LogP contribution in [0.2, 0.25) is 0 Å². The van der Waals surface area contributed by atoms with Crippen LogP contribution in [0.25, 0.3) is 0 Å². The number of esters is 1. The van der Waals surface area contributed by atoms with E-state index < -0.39 is 61.3 Å². The van der Waals surface area contributed by atoms with Crippen molar-refractivity contribution in [2.75, 3.05) is 33.4 Å². The van der Waals surface area contributed by atoms with Crippen LogP contribution in [0.15, 0.2) is 18.2 Å². The van der Waals surface area contributed by atoms with E-state index in [1.54, 1.807) is 39.8 Å². The van der Waals surface area contributed by atoms with Gasteiger partial charge < -0.3 is 35.2 Å². The molecule has 190 valence electrons. The van der Waals surface area contributed by atoms with Gasteiger partial charge in [-0.25, -0.2) is 4.79 Å². The molecule has 4 N–H and O–H groups in total. The van der Waals surface area contributed by atoms with Crippen molar-refractivity contribution in [2.45, 2.75) is 52.3 Å². The number of benzene rings is 1. The highest BCUT2D eigenvalue weighted by Crippen LogP contribution is 2.26. The van der Waals surface area contributed by atoms with Crippen molar-refractivity contribution in [3.63, 3.8) is 0 Å². The van der Waals surface area contributed by atoms with Crippen molar-refractivity contribution in [2.24, 2.45) is 0 Å². The van der Waals surface area contributed by atoms with Crippen LogP contribution in [-0.4, -0.2) is 84.0 Å². The van der Waals surface area contributed by atoms with Crippen molar-refractivity contribution in [3.8, 4) is 0 Å². The predicted octanol–water partition coefficient (Wildman–Crippen LogP) is 0.340. The largest absolute Gasteiger partial charge is 0.468 e. The number of rotatable bonds is 10. The zero-order valence-corrected chi connectivity index (χ0v) is 20.5. The molecule has 11 nitrogen and oxygen atoms in total. The lowest BCUT2D eigenvalue weighted by molar-refractivity contribution is -0.145. The topological polar surface area (TPSA) is 154 Å². The molecule has 1 aromatic rings. The van der Waals surface area contributed by atoms with Gasteiger partial charge in [0.1, 0.15) is 24.2 Å². The number of carbonyl (C=O) groups is 4. The molecule has 0 aliphatic rings. The average molecular weight is 482 g/mol. The number of amides is 3. The summed E-state index contributed by atoms with van der Waals surface area (Å²) in [5, 5.41) is 24.2.